The van der Waals surface area contributed by atoms with Gasteiger partial charge in [0.2, 0.25) is 0 Å². The molecule has 0 saturated carbocycles. The first kappa shape index (κ1) is 25.9. The highest BCUT2D eigenvalue weighted by molar-refractivity contribution is 7.07. The van der Waals surface area contributed by atoms with Gasteiger partial charge in [-0.2, -0.15) is 0 Å². The Bertz CT molecular complexity index is 1810. The molecule has 5 rings (SSSR count). The number of hydrogen-bond acceptors (Lipinski definition) is 8. The van der Waals surface area contributed by atoms with Crippen molar-refractivity contribution in [3.8, 4) is 17.1 Å². The molecule has 10 heteroatoms. The first-order chi connectivity index (χ1) is 18.8. The molecule has 1 aliphatic heterocycles. The summed E-state index contributed by atoms with van der Waals surface area (Å²) in [4.78, 5) is 37.6. The van der Waals surface area contributed by atoms with E-state index in [1.165, 1.54) is 23.5 Å². The minimum atomic E-state index is -0.747. The molecule has 1 aliphatic rings. The van der Waals surface area contributed by atoms with Crippen LogP contribution in [0.25, 0.3) is 23.5 Å². The van der Waals surface area contributed by atoms with Gasteiger partial charge in [0.15, 0.2) is 0 Å². The van der Waals surface area contributed by atoms with Gasteiger partial charge in [-0.25, -0.2) is 4.79 Å². The van der Waals surface area contributed by atoms with Gasteiger partial charge in [-0.15, -0.1) is 11.3 Å². The second-order valence-corrected chi connectivity index (χ2v) is 9.80. The number of fused-ring (bicyclic) bond motifs is 1. The van der Waals surface area contributed by atoms with E-state index in [-0.39, 0.29) is 17.9 Å². The monoisotopic (exact) mass is 544 g/mol. The number of non-ortho nitro benzene ring substituents is 1. The van der Waals surface area contributed by atoms with Crippen LogP contribution in [0, 0.1) is 10.1 Å². The number of nitro groups is 1. The third-order valence-corrected chi connectivity index (χ3v) is 7.38. The zero-order valence-corrected chi connectivity index (χ0v) is 22.2. The highest BCUT2D eigenvalue weighted by atomic mass is 32.1. The number of carbonyl (C=O) groups excluding carboxylic acids is 1. The molecule has 0 fully saturated rings. The molecule has 1 atom stereocenters. The molecular formula is C29H24N2O7S. The molecule has 198 valence electrons. The number of aromatic nitrogens is 1. The zero-order valence-electron chi connectivity index (χ0n) is 21.4. The number of para-hydroxylation sites is 1. The number of allylic oxidation sites excluding steroid dienone is 1. The maximum absolute atomic E-state index is 13.8. The van der Waals surface area contributed by atoms with Crippen LogP contribution in [0.2, 0.25) is 0 Å². The fourth-order valence-corrected chi connectivity index (χ4v) is 5.73. The number of rotatable bonds is 7. The molecular weight excluding hydrogens is 520 g/mol. The Morgan fingerprint density at radius 2 is 1.97 bits per heavy atom. The van der Waals surface area contributed by atoms with Crippen LogP contribution in [-0.2, 0) is 9.53 Å². The number of hydrogen-bond donors (Lipinski definition) is 0. The predicted octanol–water partition coefficient (Wildman–Crippen LogP) is 4.18. The highest BCUT2D eigenvalue weighted by Gasteiger charge is 2.34. The summed E-state index contributed by atoms with van der Waals surface area (Å²) in [6.07, 6.45) is 3.43. The molecule has 0 bridgehead atoms. The third kappa shape index (κ3) is 4.82. The summed E-state index contributed by atoms with van der Waals surface area (Å²) in [5.74, 6) is 0.897. The van der Waals surface area contributed by atoms with E-state index >= 15 is 0 Å². The van der Waals surface area contributed by atoms with Crippen LogP contribution in [0.15, 0.2) is 81.0 Å². The SMILES string of the molecule is CCOC(=O)C1=C(C)C=c2s/c(=C/c3ccc(-c4cccc([N+](=O)[O-])c4)o3)c(=O)n2C1c1ccccc1OC. The summed E-state index contributed by atoms with van der Waals surface area (Å²) >= 11 is 1.27. The van der Waals surface area contributed by atoms with Crippen molar-refractivity contribution >= 4 is 35.1 Å². The lowest BCUT2D eigenvalue weighted by Crippen LogP contribution is -2.39. The van der Waals surface area contributed by atoms with E-state index in [0.29, 0.717) is 48.7 Å². The molecule has 39 heavy (non-hydrogen) atoms. The smallest absolute Gasteiger partial charge is 0.336 e. The minimum Gasteiger partial charge on any atom is -0.496 e. The summed E-state index contributed by atoms with van der Waals surface area (Å²) in [5.41, 5.74) is 1.93. The Hall–Kier alpha value is -4.70. The minimum absolute atomic E-state index is 0.0446. The van der Waals surface area contributed by atoms with Gasteiger partial charge in [-0.1, -0.05) is 30.3 Å². The molecule has 2 aromatic heterocycles. The van der Waals surface area contributed by atoms with Crippen LogP contribution >= 0.6 is 11.3 Å². The number of carbonyl (C=O) groups is 1. The van der Waals surface area contributed by atoms with Gasteiger partial charge in [-0.05, 0) is 43.7 Å². The maximum atomic E-state index is 13.8. The molecule has 2 aromatic carbocycles. The summed E-state index contributed by atoms with van der Waals surface area (Å²) < 4.78 is 19.5. The van der Waals surface area contributed by atoms with E-state index in [0.717, 1.165) is 0 Å². The Labute approximate surface area is 226 Å². The van der Waals surface area contributed by atoms with Gasteiger partial charge in [0, 0.05) is 29.3 Å². The third-order valence-electron chi connectivity index (χ3n) is 6.35. The topological polar surface area (TPSA) is 114 Å². The van der Waals surface area contributed by atoms with E-state index in [4.69, 9.17) is 13.9 Å². The van der Waals surface area contributed by atoms with E-state index in [1.807, 2.05) is 25.1 Å². The normalized spacial score (nSPS) is 15.1. The van der Waals surface area contributed by atoms with E-state index in [9.17, 15) is 19.7 Å². The largest absolute Gasteiger partial charge is 0.496 e. The molecule has 0 amide bonds. The van der Waals surface area contributed by atoms with E-state index in [1.54, 1.807) is 61.1 Å². The number of nitro benzene ring substituents is 1. The predicted molar refractivity (Wildman–Crippen MR) is 147 cm³/mol. The van der Waals surface area contributed by atoms with Crippen molar-refractivity contribution < 1.29 is 23.6 Å². The van der Waals surface area contributed by atoms with E-state index in [2.05, 4.69) is 0 Å². The second kappa shape index (κ2) is 10.6. The summed E-state index contributed by atoms with van der Waals surface area (Å²) in [6, 6.07) is 16.1. The maximum Gasteiger partial charge on any atom is 0.336 e. The fourth-order valence-electron chi connectivity index (χ4n) is 4.62. The Balaban J connectivity index is 1.64. The van der Waals surface area contributed by atoms with Gasteiger partial charge in [-0.3, -0.25) is 19.5 Å². The van der Waals surface area contributed by atoms with Crippen LogP contribution in [0.3, 0.4) is 0 Å². The molecule has 4 aromatic rings. The molecule has 0 N–H and O–H groups in total. The van der Waals surface area contributed by atoms with Gasteiger partial charge in [0.05, 0.1) is 39.5 Å². The number of thiazole rings is 1. The van der Waals surface area contributed by atoms with Crippen LogP contribution in [0.5, 0.6) is 5.75 Å². The number of furan rings is 1. The summed E-state index contributed by atoms with van der Waals surface area (Å²) in [6.45, 7) is 3.76. The van der Waals surface area contributed by atoms with Crippen molar-refractivity contribution in [2.24, 2.45) is 0 Å². The molecule has 0 aliphatic carbocycles. The van der Waals surface area contributed by atoms with Gasteiger partial charge >= 0.3 is 5.97 Å². The molecule has 0 spiro atoms. The first-order valence-corrected chi connectivity index (χ1v) is 12.9. The van der Waals surface area contributed by atoms with Crippen LogP contribution in [0.4, 0.5) is 5.69 Å². The lowest BCUT2D eigenvalue weighted by atomic mass is 9.92. The molecule has 0 saturated heterocycles. The average Bonchev–Trinajstić information content (AvgIpc) is 3.52. The van der Waals surface area contributed by atoms with Crippen molar-refractivity contribution in [1.82, 2.24) is 4.57 Å². The lowest BCUT2D eigenvalue weighted by molar-refractivity contribution is -0.384. The number of esters is 1. The van der Waals surface area contributed by atoms with E-state index < -0.39 is 16.9 Å². The Kier molecular flexibility index (Phi) is 7.03. The van der Waals surface area contributed by atoms with Crippen molar-refractivity contribution in [3.05, 3.63) is 113 Å². The molecule has 0 radical (unpaired) electrons. The second-order valence-electron chi connectivity index (χ2n) is 8.74. The van der Waals surface area contributed by atoms with Gasteiger partial charge in [0.25, 0.3) is 11.2 Å². The van der Waals surface area contributed by atoms with Crippen molar-refractivity contribution in [3.63, 3.8) is 0 Å². The van der Waals surface area contributed by atoms with Gasteiger partial charge in [0.1, 0.15) is 17.3 Å². The highest BCUT2D eigenvalue weighted by Crippen LogP contribution is 2.36. The van der Waals surface area contributed by atoms with Crippen LogP contribution in [0.1, 0.15) is 31.2 Å². The Morgan fingerprint density at radius 1 is 1.18 bits per heavy atom. The quantitative estimate of drug-likeness (QED) is 0.195. The number of nitrogens with zero attached hydrogens (tertiary/aromatic N) is 2. The van der Waals surface area contributed by atoms with Gasteiger partial charge < -0.3 is 13.9 Å². The number of methoxy groups -OCH3 is 1. The number of ether oxygens (including phenoxy) is 2. The number of benzene rings is 2. The molecule has 1 unspecified atom stereocenters. The standard InChI is InChI=1S/C29H24N2O7S/c1-4-37-29(33)26-17(2)14-25-30(27(26)21-10-5-6-11-23(21)36-3)28(32)24(39-25)16-20-12-13-22(38-20)18-8-7-9-19(15-18)31(34)35/h5-16,27H,4H2,1-3H3/b24-16+. The van der Waals surface area contributed by atoms with Crippen molar-refractivity contribution in [1.29, 1.82) is 0 Å². The zero-order chi connectivity index (χ0) is 27.7. The molecule has 9 nitrogen and oxygen atoms in total. The summed E-state index contributed by atoms with van der Waals surface area (Å²) in [5, 5.41) is 11.1. The first-order valence-electron chi connectivity index (χ1n) is 12.1. The van der Waals surface area contributed by atoms with Crippen LogP contribution < -0.4 is 19.5 Å². The lowest BCUT2D eigenvalue weighted by Gasteiger charge is -2.26. The summed E-state index contributed by atoms with van der Waals surface area (Å²) in [7, 11) is 1.54. The Morgan fingerprint density at radius 3 is 2.72 bits per heavy atom. The molecule has 3 heterocycles. The average molecular weight is 545 g/mol. The van der Waals surface area contributed by atoms with Crippen molar-refractivity contribution in [2.75, 3.05) is 13.7 Å². The van der Waals surface area contributed by atoms with Crippen molar-refractivity contribution in [2.45, 2.75) is 19.9 Å². The fraction of sp³-hybridized carbons (Fsp3) is 0.172. The van der Waals surface area contributed by atoms with Crippen LogP contribution in [-0.4, -0.2) is 29.2 Å².